The highest BCUT2D eigenvalue weighted by atomic mass is 35.5. The normalized spacial score (nSPS) is 14.1. The van der Waals surface area contributed by atoms with E-state index in [2.05, 4.69) is 24.4 Å². The maximum absolute atomic E-state index is 8.72. The number of nitrogens with one attached hydrogen (secondary N) is 1. The molecule has 2 nitrogen and oxygen atoms in total. The first-order chi connectivity index (χ1) is 7.67. The molecule has 0 saturated carbocycles. The van der Waals surface area contributed by atoms with Gasteiger partial charge in [0.2, 0.25) is 0 Å². The molecule has 0 spiro atoms. The van der Waals surface area contributed by atoms with Gasteiger partial charge in [-0.2, -0.15) is 5.26 Å². The quantitative estimate of drug-likeness (QED) is 0.849. The Kier molecular flexibility index (Phi) is 5.31. The van der Waals surface area contributed by atoms with Crippen molar-refractivity contribution in [3.8, 4) is 6.07 Å². The lowest BCUT2D eigenvalue weighted by Crippen LogP contribution is -2.25. The molecule has 0 saturated heterocycles. The summed E-state index contributed by atoms with van der Waals surface area (Å²) < 4.78 is 0. The van der Waals surface area contributed by atoms with Crippen molar-refractivity contribution >= 4 is 11.6 Å². The van der Waals surface area contributed by atoms with E-state index in [9.17, 15) is 0 Å². The molecule has 1 aromatic rings. The summed E-state index contributed by atoms with van der Waals surface area (Å²) in [6.07, 6.45) is 0.985. The highest BCUT2D eigenvalue weighted by Crippen LogP contribution is 2.20. The van der Waals surface area contributed by atoms with Crippen LogP contribution >= 0.6 is 11.6 Å². The minimum atomic E-state index is 0.0354. The van der Waals surface area contributed by atoms with Gasteiger partial charge in [-0.05, 0) is 31.0 Å². The third-order valence-electron chi connectivity index (χ3n) is 2.55. The van der Waals surface area contributed by atoms with Crippen molar-refractivity contribution in [1.29, 1.82) is 5.26 Å². The van der Waals surface area contributed by atoms with Gasteiger partial charge in [0.05, 0.1) is 12.0 Å². The van der Waals surface area contributed by atoms with Gasteiger partial charge in [0, 0.05) is 17.6 Å². The first kappa shape index (κ1) is 13.0. The van der Waals surface area contributed by atoms with E-state index in [4.69, 9.17) is 16.9 Å². The smallest absolute Gasteiger partial charge is 0.0666 e. The Morgan fingerprint density at radius 3 is 2.81 bits per heavy atom. The highest BCUT2D eigenvalue weighted by molar-refractivity contribution is 6.30. The van der Waals surface area contributed by atoms with Crippen molar-refractivity contribution in [3.05, 3.63) is 34.9 Å². The molecule has 86 valence electrons. The molecule has 2 unspecified atom stereocenters. The summed E-state index contributed by atoms with van der Waals surface area (Å²) in [6.45, 7) is 4.74. The third-order valence-corrected chi connectivity index (χ3v) is 2.79. The first-order valence-corrected chi connectivity index (χ1v) is 5.93. The average Bonchev–Trinajstić information content (AvgIpc) is 2.29. The first-order valence-electron chi connectivity index (χ1n) is 5.55. The molecule has 1 rings (SSSR count). The molecule has 1 aromatic carbocycles. The summed E-state index contributed by atoms with van der Waals surface area (Å²) >= 11 is 5.96. The average molecular weight is 237 g/mol. The van der Waals surface area contributed by atoms with Crippen molar-refractivity contribution in [1.82, 2.24) is 5.32 Å². The van der Waals surface area contributed by atoms with Gasteiger partial charge in [0.15, 0.2) is 0 Å². The summed E-state index contributed by atoms with van der Waals surface area (Å²) in [6, 6.07) is 10.3. The van der Waals surface area contributed by atoms with E-state index >= 15 is 0 Å². The summed E-state index contributed by atoms with van der Waals surface area (Å²) in [7, 11) is 0. The van der Waals surface area contributed by atoms with Gasteiger partial charge < -0.3 is 5.32 Å². The Morgan fingerprint density at radius 2 is 2.25 bits per heavy atom. The molecule has 0 aromatic heterocycles. The minimum Gasteiger partial charge on any atom is -0.309 e. The van der Waals surface area contributed by atoms with Gasteiger partial charge in [-0.25, -0.2) is 0 Å². The van der Waals surface area contributed by atoms with Crippen molar-refractivity contribution in [2.45, 2.75) is 26.3 Å². The molecule has 0 bridgehead atoms. The molecule has 0 aliphatic carbocycles. The maximum atomic E-state index is 8.72. The molecular weight excluding hydrogens is 220 g/mol. The zero-order chi connectivity index (χ0) is 12.0. The fourth-order valence-corrected chi connectivity index (χ4v) is 1.78. The van der Waals surface area contributed by atoms with Crippen LogP contribution in [0.4, 0.5) is 0 Å². The summed E-state index contributed by atoms with van der Waals surface area (Å²) in [5, 5.41) is 12.9. The van der Waals surface area contributed by atoms with E-state index in [1.54, 1.807) is 0 Å². The van der Waals surface area contributed by atoms with E-state index in [0.29, 0.717) is 6.54 Å². The van der Waals surface area contributed by atoms with Crippen LogP contribution in [-0.4, -0.2) is 6.54 Å². The SMILES string of the molecule is CCC(NCC(C)C#N)c1cccc(Cl)c1. The number of nitriles is 1. The van der Waals surface area contributed by atoms with Gasteiger partial charge in [-0.3, -0.25) is 0 Å². The highest BCUT2D eigenvalue weighted by Gasteiger charge is 2.10. The van der Waals surface area contributed by atoms with E-state index < -0.39 is 0 Å². The van der Waals surface area contributed by atoms with Crippen LogP contribution in [0.1, 0.15) is 31.9 Å². The number of nitrogens with zero attached hydrogens (tertiary/aromatic N) is 1. The minimum absolute atomic E-state index is 0.0354. The predicted molar refractivity (Wildman–Crippen MR) is 67.3 cm³/mol. The second kappa shape index (κ2) is 6.52. The number of hydrogen-bond donors (Lipinski definition) is 1. The number of halogens is 1. The Labute approximate surface area is 102 Å². The van der Waals surface area contributed by atoms with Gasteiger partial charge in [-0.1, -0.05) is 30.7 Å². The van der Waals surface area contributed by atoms with Crippen LogP contribution in [0.15, 0.2) is 24.3 Å². The third kappa shape index (κ3) is 3.84. The van der Waals surface area contributed by atoms with Crippen molar-refractivity contribution in [2.24, 2.45) is 5.92 Å². The summed E-state index contributed by atoms with van der Waals surface area (Å²) in [5.41, 5.74) is 1.18. The lowest BCUT2D eigenvalue weighted by molar-refractivity contribution is 0.488. The molecule has 2 atom stereocenters. The Balaban J connectivity index is 2.64. The van der Waals surface area contributed by atoms with Crippen LogP contribution in [0.2, 0.25) is 5.02 Å². The largest absolute Gasteiger partial charge is 0.309 e. The van der Waals surface area contributed by atoms with Crippen molar-refractivity contribution < 1.29 is 0 Å². The van der Waals surface area contributed by atoms with Crippen LogP contribution in [0.25, 0.3) is 0 Å². The van der Waals surface area contributed by atoms with Crippen molar-refractivity contribution in [3.63, 3.8) is 0 Å². The molecule has 3 heteroatoms. The zero-order valence-electron chi connectivity index (χ0n) is 9.70. The summed E-state index contributed by atoms with van der Waals surface area (Å²) in [4.78, 5) is 0. The number of benzene rings is 1. The number of rotatable bonds is 5. The molecular formula is C13H17ClN2. The fraction of sp³-hybridized carbons (Fsp3) is 0.462. The molecule has 1 N–H and O–H groups in total. The van der Waals surface area contributed by atoms with E-state index in [0.717, 1.165) is 11.4 Å². The topological polar surface area (TPSA) is 35.8 Å². The van der Waals surface area contributed by atoms with Gasteiger partial charge in [-0.15, -0.1) is 0 Å². The standard InChI is InChI=1S/C13H17ClN2/c1-3-13(16-9-10(2)8-15)11-5-4-6-12(14)7-11/h4-7,10,13,16H,3,9H2,1-2H3. The molecule has 0 amide bonds. The van der Waals surface area contributed by atoms with Crippen LogP contribution in [-0.2, 0) is 0 Å². The van der Waals surface area contributed by atoms with Crippen LogP contribution in [0.3, 0.4) is 0 Å². The maximum Gasteiger partial charge on any atom is 0.0666 e. The Hall–Kier alpha value is -1.04. The van der Waals surface area contributed by atoms with Gasteiger partial charge >= 0.3 is 0 Å². The van der Waals surface area contributed by atoms with E-state index in [-0.39, 0.29) is 12.0 Å². The monoisotopic (exact) mass is 236 g/mol. The van der Waals surface area contributed by atoms with Crippen LogP contribution < -0.4 is 5.32 Å². The lowest BCUT2D eigenvalue weighted by atomic mass is 10.0. The molecule has 16 heavy (non-hydrogen) atoms. The molecule has 0 heterocycles. The fourth-order valence-electron chi connectivity index (χ4n) is 1.59. The van der Waals surface area contributed by atoms with E-state index in [1.165, 1.54) is 5.56 Å². The Bertz CT molecular complexity index is 370. The van der Waals surface area contributed by atoms with Gasteiger partial charge in [0.1, 0.15) is 0 Å². The predicted octanol–water partition coefficient (Wildman–Crippen LogP) is 3.54. The number of hydrogen-bond acceptors (Lipinski definition) is 2. The van der Waals surface area contributed by atoms with Crippen LogP contribution in [0, 0.1) is 17.2 Å². The zero-order valence-corrected chi connectivity index (χ0v) is 10.5. The lowest BCUT2D eigenvalue weighted by Gasteiger charge is -2.18. The molecule has 0 aliphatic rings. The van der Waals surface area contributed by atoms with Gasteiger partial charge in [0.25, 0.3) is 0 Å². The molecule has 0 aliphatic heterocycles. The van der Waals surface area contributed by atoms with E-state index in [1.807, 2.05) is 25.1 Å². The van der Waals surface area contributed by atoms with Crippen LogP contribution in [0.5, 0.6) is 0 Å². The second-order valence-corrected chi connectivity index (χ2v) is 4.39. The second-order valence-electron chi connectivity index (χ2n) is 3.95. The Morgan fingerprint density at radius 1 is 1.50 bits per heavy atom. The summed E-state index contributed by atoms with van der Waals surface area (Å²) in [5.74, 6) is 0.0354. The molecule has 0 fully saturated rings. The van der Waals surface area contributed by atoms with Crippen molar-refractivity contribution in [2.75, 3.05) is 6.54 Å². The molecule has 0 radical (unpaired) electrons.